The van der Waals surface area contributed by atoms with Crippen molar-refractivity contribution in [2.24, 2.45) is 0 Å². The van der Waals surface area contributed by atoms with Crippen molar-refractivity contribution in [3.63, 3.8) is 0 Å². The lowest BCUT2D eigenvalue weighted by Crippen LogP contribution is -2.23. The Kier molecular flexibility index (Phi) is 6.61. The quantitative estimate of drug-likeness (QED) is 0.588. The van der Waals surface area contributed by atoms with Crippen LogP contribution in [0.2, 0.25) is 0 Å². The van der Waals surface area contributed by atoms with Gasteiger partial charge in [0.15, 0.2) is 18.3 Å². The summed E-state index contributed by atoms with van der Waals surface area (Å²) in [7, 11) is 0. The molecule has 0 atom stereocenters. The van der Waals surface area contributed by atoms with Gasteiger partial charge in [0.2, 0.25) is 0 Å². The minimum Gasteiger partial charge on any atom is -0.482 e. The highest BCUT2D eigenvalue weighted by Crippen LogP contribution is 2.25. The van der Waals surface area contributed by atoms with Crippen LogP contribution in [0, 0.1) is 20.8 Å². The van der Waals surface area contributed by atoms with Gasteiger partial charge in [0.05, 0.1) is 5.69 Å². The van der Waals surface area contributed by atoms with Crippen LogP contribution in [0.15, 0.2) is 47.8 Å². The highest BCUT2D eigenvalue weighted by Gasteiger charge is 2.11. The van der Waals surface area contributed by atoms with Gasteiger partial charge in [0.25, 0.3) is 5.91 Å². The average molecular weight is 410 g/mol. The molecule has 0 aliphatic carbocycles. The summed E-state index contributed by atoms with van der Waals surface area (Å²) >= 11 is 1.31. The number of hydrogen-bond donors (Lipinski definition) is 1. The highest BCUT2D eigenvalue weighted by atomic mass is 32.1. The Hall–Kier alpha value is -3.19. The van der Waals surface area contributed by atoms with Crippen LogP contribution in [0.25, 0.3) is 11.3 Å². The lowest BCUT2D eigenvalue weighted by molar-refractivity contribution is -0.149. The number of anilines is 1. The third-order valence-corrected chi connectivity index (χ3v) is 4.77. The molecule has 0 saturated heterocycles. The number of amides is 1. The number of aryl methyl sites for hydroxylation is 3. The maximum absolute atomic E-state index is 12.0. The maximum atomic E-state index is 12.0. The molecule has 29 heavy (non-hydrogen) atoms. The van der Waals surface area contributed by atoms with E-state index in [0.717, 1.165) is 22.4 Å². The van der Waals surface area contributed by atoms with E-state index in [1.54, 1.807) is 0 Å². The summed E-state index contributed by atoms with van der Waals surface area (Å²) in [6.45, 7) is 5.26. The number of ether oxygens (including phenoxy) is 2. The van der Waals surface area contributed by atoms with Gasteiger partial charge in [-0.3, -0.25) is 10.1 Å². The zero-order valence-electron chi connectivity index (χ0n) is 16.5. The monoisotopic (exact) mass is 410 g/mol. The lowest BCUT2D eigenvalue weighted by atomic mass is 10.1. The summed E-state index contributed by atoms with van der Waals surface area (Å²) in [5.41, 5.74) is 5.01. The Morgan fingerprint density at radius 2 is 1.66 bits per heavy atom. The number of carbonyl (C=O) groups is 2. The number of rotatable bonds is 7. The Balaban J connectivity index is 1.45. The number of hydrogen-bond acceptors (Lipinski definition) is 6. The van der Waals surface area contributed by atoms with Gasteiger partial charge in [-0.05, 0) is 44.0 Å². The molecule has 7 heteroatoms. The average Bonchev–Trinajstić information content (AvgIpc) is 3.13. The van der Waals surface area contributed by atoms with Gasteiger partial charge in [0.1, 0.15) is 5.75 Å². The van der Waals surface area contributed by atoms with Crippen molar-refractivity contribution in [1.29, 1.82) is 0 Å². The first-order valence-corrected chi connectivity index (χ1v) is 9.96. The van der Waals surface area contributed by atoms with E-state index in [4.69, 9.17) is 9.47 Å². The summed E-state index contributed by atoms with van der Waals surface area (Å²) in [5.74, 6) is -0.469. The molecule has 0 fully saturated rings. The number of thiazole rings is 1. The fourth-order valence-corrected chi connectivity index (χ4v) is 3.43. The molecule has 0 aliphatic heterocycles. The topological polar surface area (TPSA) is 77.5 Å². The predicted molar refractivity (Wildman–Crippen MR) is 113 cm³/mol. The Bertz CT molecular complexity index is 992. The van der Waals surface area contributed by atoms with Gasteiger partial charge < -0.3 is 9.47 Å². The van der Waals surface area contributed by atoms with E-state index < -0.39 is 18.5 Å². The molecule has 0 saturated carbocycles. The summed E-state index contributed by atoms with van der Waals surface area (Å²) in [4.78, 5) is 28.2. The van der Waals surface area contributed by atoms with Crippen molar-refractivity contribution in [2.45, 2.75) is 20.8 Å². The van der Waals surface area contributed by atoms with E-state index in [1.165, 1.54) is 16.9 Å². The molecule has 150 valence electrons. The van der Waals surface area contributed by atoms with Crippen LogP contribution >= 0.6 is 11.3 Å². The Labute approximate surface area is 173 Å². The molecule has 1 amide bonds. The van der Waals surface area contributed by atoms with Crippen LogP contribution in [0.4, 0.5) is 5.13 Å². The number of nitrogens with zero attached hydrogens (tertiary/aromatic N) is 1. The molecule has 1 aromatic heterocycles. The zero-order valence-corrected chi connectivity index (χ0v) is 17.3. The first-order valence-electron chi connectivity index (χ1n) is 9.08. The largest absolute Gasteiger partial charge is 0.482 e. The Morgan fingerprint density at radius 3 is 2.34 bits per heavy atom. The van der Waals surface area contributed by atoms with E-state index in [9.17, 15) is 9.59 Å². The van der Waals surface area contributed by atoms with Crippen LogP contribution in [0.5, 0.6) is 5.75 Å². The third kappa shape index (κ3) is 6.15. The van der Waals surface area contributed by atoms with E-state index in [1.807, 2.05) is 68.6 Å². The molecular weight excluding hydrogens is 388 g/mol. The maximum Gasteiger partial charge on any atom is 0.344 e. The minimum absolute atomic E-state index is 0.259. The summed E-state index contributed by atoms with van der Waals surface area (Å²) in [6, 6.07) is 13.7. The lowest BCUT2D eigenvalue weighted by Gasteiger charge is -2.08. The van der Waals surface area contributed by atoms with Gasteiger partial charge in [0, 0.05) is 10.9 Å². The second-order valence-corrected chi connectivity index (χ2v) is 7.58. The number of esters is 1. The van der Waals surface area contributed by atoms with E-state index >= 15 is 0 Å². The normalized spacial score (nSPS) is 10.4. The van der Waals surface area contributed by atoms with Crippen LogP contribution < -0.4 is 10.1 Å². The van der Waals surface area contributed by atoms with E-state index in [2.05, 4.69) is 10.3 Å². The van der Waals surface area contributed by atoms with Crippen LogP contribution in [-0.2, 0) is 14.3 Å². The number of aromatic nitrogens is 1. The van der Waals surface area contributed by atoms with Crippen LogP contribution in [0.1, 0.15) is 16.7 Å². The zero-order chi connectivity index (χ0) is 20.8. The van der Waals surface area contributed by atoms with Crippen LogP contribution in [0.3, 0.4) is 0 Å². The van der Waals surface area contributed by atoms with E-state index in [-0.39, 0.29) is 6.61 Å². The molecule has 0 unspecified atom stereocenters. The molecule has 6 nitrogen and oxygen atoms in total. The molecule has 0 bridgehead atoms. The molecule has 2 aromatic carbocycles. The number of nitrogens with one attached hydrogen (secondary N) is 1. The summed E-state index contributed by atoms with van der Waals surface area (Å²) in [5, 5.41) is 4.95. The van der Waals surface area contributed by atoms with Crippen molar-refractivity contribution in [2.75, 3.05) is 18.5 Å². The predicted octanol–water partition coefficient (Wildman–Crippen LogP) is 4.30. The first-order chi connectivity index (χ1) is 13.9. The van der Waals surface area contributed by atoms with Gasteiger partial charge in [-0.15, -0.1) is 11.3 Å². The van der Waals surface area contributed by atoms with Crippen molar-refractivity contribution < 1.29 is 19.1 Å². The molecule has 0 radical (unpaired) electrons. The van der Waals surface area contributed by atoms with Gasteiger partial charge in [-0.1, -0.05) is 35.9 Å². The second-order valence-electron chi connectivity index (χ2n) is 6.72. The molecule has 1 N–H and O–H groups in total. The van der Waals surface area contributed by atoms with Crippen LogP contribution in [-0.4, -0.2) is 30.1 Å². The summed E-state index contributed by atoms with van der Waals surface area (Å²) < 4.78 is 10.4. The van der Waals surface area contributed by atoms with Gasteiger partial charge in [-0.25, -0.2) is 9.78 Å². The first kappa shape index (κ1) is 20.5. The third-order valence-electron chi connectivity index (χ3n) is 4.01. The van der Waals surface area contributed by atoms with E-state index in [0.29, 0.717) is 10.9 Å². The molecule has 3 aromatic rings. The van der Waals surface area contributed by atoms with Gasteiger partial charge >= 0.3 is 5.97 Å². The van der Waals surface area contributed by atoms with Crippen molar-refractivity contribution in [3.05, 3.63) is 64.5 Å². The molecule has 0 aliphatic rings. The number of benzene rings is 2. The van der Waals surface area contributed by atoms with Crippen molar-refractivity contribution in [3.8, 4) is 17.0 Å². The molecule has 3 rings (SSSR count). The minimum atomic E-state index is -0.612. The summed E-state index contributed by atoms with van der Waals surface area (Å²) in [6.07, 6.45) is 0. The molecule has 1 heterocycles. The second kappa shape index (κ2) is 9.34. The Morgan fingerprint density at radius 1 is 0.966 bits per heavy atom. The molecular formula is C22H22N2O4S. The fraction of sp³-hybridized carbons (Fsp3) is 0.227. The highest BCUT2D eigenvalue weighted by molar-refractivity contribution is 7.14. The molecule has 0 spiro atoms. The fourth-order valence-electron chi connectivity index (χ4n) is 2.69. The smallest absolute Gasteiger partial charge is 0.344 e. The van der Waals surface area contributed by atoms with Crippen molar-refractivity contribution in [1.82, 2.24) is 4.98 Å². The SMILES string of the molecule is Cc1ccc(-c2csc(NC(=O)COC(=O)COc3cc(C)cc(C)c3)n2)cc1. The van der Waals surface area contributed by atoms with Gasteiger partial charge in [-0.2, -0.15) is 0 Å². The van der Waals surface area contributed by atoms with Crippen molar-refractivity contribution >= 4 is 28.3 Å². The standard InChI is InChI=1S/C22H22N2O4S/c1-14-4-6-17(7-5-14)19-13-29-22(23-19)24-20(25)11-28-21(26)12-27-18-9-15(2)8-16(3)10-18/h4-10,13H,11-12H2,1-3H3,(H,23,24,25). The number of carbonyl (C=O) groups excluding carboxylic acids is 2.